The third-order valence-corrected chi connectivity index (χ3v) is 5.60. The van der Waals surface area contributed by atoms with Crippen molar-refractivity contribution < 1.29 is 19.4 Å². The number of benzene rings is 1. The topological polar surface area (TPSA) is 75.6 Å². The van der Waals surface area contributed by atoms with Gasteiger partial charge in [0.1, 0.15) is 5.75 Å². The number of para-hydroxylation sites is 2. The van der Waals surface area contributed by atoms with Crippen molar-refractivity contribution in [1.29, 1.82) is 0 Å². The maximum atomic E-state index is 12.8. The molecule has 0 aliphatic heterocycles. The van der Waals surface area contributed by atoms with Crippen LogP contribution in [0.15, 0.2) is 36.4 Å². The number of carbonyl (C=O) groups excluding carboxylic acids is 1. The normalized spacial score (nSPS) is 36.2. The lowest BCUT2D eigenvalue weighted by molar-refractivity contribution is -0.152. The van der Waals surface area contributed by atoms with E-state index in [0.29, 0.717) is 23.3 Å². The monoisotopic (exact) mass is 313 g/mol. The van der Waals surface area contributed by atoms with E-state index in [1.165, 1.54) is 0 Å². The van der Waals surface area contributed by atoms with Crippen LogP contribution in [-0.4, -0.2) is 24.1 Å². The molecule has 0 spiro atoms. The minimum Gasteiger partial charge on any atom is -0.495 e. The molecule has 5 nitrogen and oxygen atoms in total. The first-order valence-electron chi connectivity index (χ1n) is 7.97. The number of amides is 1. The lowest BCUT2D eigenvalue weighted by Crippen LogP contribution is -2.48. The molecule has 5 rings (SSSR count). The van der Waals surface area contributed by atoms with Crippen LogP contribution in [0.5, 0.6) is 5.75 Å². The molecule has 120 valence electrons. The summed E-state index contributed by atoms with van der Waals surface area (Å²) >= 11 is 0. The van der Waals surface area contributed by atoms with Crippen molar-refractivity contribution in [1.82, 2.24) is 0 Å². The molecule has 1 aromatic carbocycles. The molecule has 23 heavy (non-hydrogen) atoms. The number of ether oxygens (including phenoxy) is 1. The summed E-state index contributed by atoms with van der Waals surface area (Å²) in [6, 6.07) is 7.18. The third kappa shape index (κ3) is 2.14. The summed E-state index contributed by atoms with van der Waals surface area (Å²) in [5.41, 5.74) is 0.585. The summed E-state index contributed by atoms with van der Waals surface area (Å²) in [5, 5.41) is 12.5. The van der Waals surface area contributed by atoms with Gasteiger partial charge in [-0.3, -0.25) is 9.59 Å². The number of aliphatic carboxylic acids is 1. The lowest BCUT2D eigenvalue weighted by Gasteiger charge is -2.41. The predicted molar refractivity (Wildman–Crippen MR) is 84.0 cm³/mol. The van der Waals surface area contributed by atoms with Crippen molar-refractivity contribution in [2.24, 2.45) is 35.5 Å². The van der Waals surface area contributed by atoms with Crippen molar-refractivity contribution in [3.63, 3.8) is 0 Å². The van der Waals surface area contributed by atoms with Crippen LogP contribution in [0, 0.1) is 35.5 Å². The van der Waals surface area contributed by atoms with Gasteiger partial charge in [0.15, 0.2) is 0 Å². The number of carboxylic acid groups (broad SMARTS) is 1. The van der Waals surface area contributed by atoms with Gasteiger partial charge in [0.25, 0.3) is 0 Å². The van der Waals surface area contributed by atoms with Crippen LogP contribution in [0.25, 0.3) is 0 Å². The molecule has 2 N–H and O–H groups in total. The Balaban J connectivity index is 1.62. The van der Waals surface area contributed by atoms with Crippen molar-refractivity contribution in [2.45, 2.75) is 6.42 Å². The average molecular weight is 313 g/mol. The number of carboxylic acids is 1. The number of methoxy groups -OCH3 is 1. The Morgan fingerprint density at radius 3 is 2.43 bits per heavy atom. The van der Waals surface area contributed by atoms with E-state index in [1.807, 2.05) is 18.2 Å². The summed E-state index contributed by atoms with van der Waals surface area (Å²) < 4.78 is 5.25. The van der Waals surface area contributed by atoms with Gasteiger partial charge in [-0.15, -0.1) is 0 Å². The zero-order chi connectivity index (χ0) is 16.1. The van der Waals surface area contributed by atoms with Gasteiger partial charge in [0, 0.05) is 0 Å². The highest BCUT2D eigenvalue weighted by Gasteiger charge is 2.62. The number of carbonyl (C=O) groups is 2. The van der Waals surface area contributed by atoms with Crippen molar-refractivity contribution >= 4 is 17.6 Å². The number of nitrogens with one attached hydrogen (secondary N) is 1. The van der Waals surface area contributed by atoms with Gasteiger partial charge in [0.05, 0.1) is 24.6 Å². The van der Waals surface area contributed by atoms with Crippen LogP contribution >= 0.6 is 0 Å². The Labute approximate surface area is 134 Å². The smallest absolute Gasteiger partial charge is 0.307 e. The van der Waals surface area contributed by atoms with Crippen molar-refractivity contribution in [3.8, 4) is 5.75 Å². The number of rotatable bonds is 4. The van der Waals surface area contributed by atoms with E-state index in [4.69, 9.17) is 4.74 Å². The number of fused-ring (bicyclic) bond motifs is 1. The standard InChI is InChI=1S/C18H19NO4/c1-23-14-5-3-2-4-13(14)19-17(20)15-9-6-7-10(12-8-11(9)12)16(15)18(21)22/h2-7,9-12,15-16H,8H2,1H3,(H,19,20)(H,21,22)/t9-,10-,11+,12-,15+,16-/m0/s1. The lowest BCUT2D eigenvalue weighted by atomic mass is 9.62. The van der Waals surface area contributed by atoms with Crippen LogP contribution < -0.4 is 10.1 Å². The maximum Gasteiger partial charge on any atom is 0.307 e. The molecule has 1 aromatic rings. The van der Waals surface area contributed by atoms with Crippen molar-refractivity contribution in [2.75, 3.05) is 12.4 Å². The molecule has 4 aliphatic carbocycles. The Morgan fingerprint density at radius 1 is 1.13 bits per heavy atom. The zero-order valence-corrected chi connectivity index (χ0v) is 12.8. The minimum atomic E-state index is -0.866. The first-order chi connectivity index (χ1) is 11.1. The SMILES string of the molecule is COc1ccccc1NC(=O)[C@@H]1[C@H]2C=C[C@@H]([C@@H]3C[C@H]23)[C@@H]1C(=O)O. The number of hydrogen-bond acceptors (Lipinski definition) is 3. The van der Waals surface area contributed by atoms with Gasteiger partial charge >= 0.3 is 5.97 Å². The van der Waals surface area contributed by atoms with Crippen LogP contribution in [0.3, 0.4) is 0 Å². The van der Waals surface area contributed by atoms with Gasteiger partial charge in [-0.2, -0.15) is 0 Å². The van der Waals surface area contributed by atoms with E-state index in [-0.39, 0.29) is 17.7 Å². The molecular weight excluding hydrogens is 294 g/mol. The second-order valence-electron chi connectivity index (χ2n) is 6.68. The molecule has 0 aromatic heterocycles. The number of hydrogen-bond donors (Lipinski definition) is 2. The molecule has 6 atom stereocenters. The second kappa shape index (κ2) is 5.11. The van der Waals surface area contributed by atoms with E-state index >= 15 is 0 Å². The molecule has 0 unspecified atom stereocenters. The molecule has 5 heteroatoms. The third-order valence-electron chi connectivity index (χ3n) is 5.60. The molecule has 2 fully saturated rings. The highest BCUT2D eigenvalue weighted by atomic mass is 16.5. The summed E-state index contributed by atoms with van der Waals surface area (Å²) in [7, 11) is 1.55. The summed E-state index contributed by atoms with van der Waals surface area (Å²) in [4.78, 5) is 24.6. The first kappa shape index (κ1) is 14.3. The molecule has 0 radical (unpaired) electrons. The zero-order valence-electron chi connectivity index (χ0n) is 12.8. The fraction of sp³-hybridized carbons (Fsp3) is 0.444. The quantitative estimate of drug-likeness (QED) is 0.837. The molecule has 0 saturated heterocycles. The summed E-state index contributed by atoms with van der Waals surface area (Å²) in [6.45, 7) is 0. The van der Waals surface area contributed by atoms with Gasteiger partial charge < -0.3 is 15.2 Å². The first-order valence-corrected chi connectivity index (χ1v) is 7.97. The molecule has 4 aliphatic rings. The van der Waals surface area contributed by atoms with E-state index < -0.39 is 17.8 Å². The summed E-state index contributed by atoms with van der Waals surface area (Å²) in [6.07, 6.45) is 5.12. The van der Waals surface area contributed by atoms with Gasteiger partial charge in [-0.1, -0.05) is 24.3 Å². The molecule has 2 saturated carbocycles. The number of allylic oxidation sites excluding steroid dienone is 2. The van der Waals surface area contributed by atoms with E-state index in [2.05, 4.69) is 11.4 Å². The molecule has 1 amide bonds. The highest BCUT2D eigenvalue weighted by Crippen LogP contribution is 2.63. The minimum absolute atomic E-state index is 0.00378. The van der Waals surface area contributed by atoms with E-state index in [1.54, 1.807) is 19.2 Å². The Hall–Kier alpha value is -2.30. The van der Waals surface area contributed by atoms with Crippen LogP contribution in [-0.2, 0) is 9.59 Å². The highest BCUT2D eigenvalue weighted by molar-refractivity contribution is 5.97. The van der Waals surface area contributed by atoms with Gasteiger partial charge in [-0.05, 0) is 42.2 Å². The number of anilines is 1. The van der Waals surface area contributed by atoms with Crippen LogP contribution in [0.1, 0.15) is 6.42 Å². The maximum absolute atomic E-state index is 12.8. The van der Waals surface area contributed by atoms with Crippen LogP contribution in [0.2, 0.25) is 0 Å². The largest absolute Gasteiger partial charge is 0.495 e. The Kier molecular flexibility index (Phi) is 3.18. The molecule has 0 heterocycles. The predicted octanol–water partition coefficient (Wildman–Crippen LogP) is 2.40. The van der Waals surface area contributed by atoms with Crippen molar-refractivity contribution in [3.05, 3.63) is 36.4 Å². The average Bonchev–Trinajstić information content (AvgIpc) is 3.36. The fourth-order valence-electron chi connectivity index (χ4n) is 4.53. The van der Waals surface area contributed by atoms with E-state index in [0.717, 1.165) is 6.42 Å². The fourth-order valence-corrected chi connectivity index (χ4v) is 4.53. The Bertz CT molecular complexity index is 698. The van der Waals surface area contributed by atoms with Gasteiger partial charge in [0.2, 0.25) is 5.91 Å². The summed E-state index contributed by atoms with van der Waals surface area (Å²) in [5.74, 6) is -0.651. The van der Waals surface area contributed by atoms with Gasteiger partial charge in [-0.25, -0.2) is 0 Å². The Morgan fingerprint density at radius 2 is 1.78 bits per heavy atom. The van der Waals surface area contributed by atoms with Crippen LogP contribution in [0.4, 0.5) is 5.69 Å². The molecule has 2 bridgehead atoms. The molecular formula is C18H19NO4. The second-order valence-corrected chi connectivity index (χ2v) is 6.68. The van der Waals surface area contributed by atoms with E-state index in [9.17, 15) is 14.7 Å².